The van der Waals surface area contributed by atoms with Crippen LogP contribution in [0.5, 0.6) is 0 Å². The fourth-order valence-corrected chi connectivity index (χ4v) is 8.45. The minimum atomic E-state index is -1.25. The summed E-state index contributed by atoms with van der Waals surface area (Å²) in [4.78, 5) is 81.5. The van der Waals surface area contributed by atoms with Crippen LogP contribution in [0, 0.1) is 35.5 Å². The maximum atomic E-state index is 14.2. The van der Waals surface area contributed by atoms with Crippen molar-refractivity contribution in [2.45, 2.75) is 128 Å². The normalized spacial score (nSPS) is 28.9. The molecule has 3 heterocycles. The molecule has 5 N–H and O–H groups in total. The molecular formula is C39H56N4O8. The minimum absolute atomic E-state index is 0.0262. The fourth-order valence-electron chi connectivity index (χ4n) is 8.45. The minimum Gasteiger partial charge on any atom is -0.481 e. The molecule has 0 spiro atoms. The lowest BCUT2D eigenvalue weighted by atomic mass is 9.86. The Bertz CT molecular complexity index is 1470. The molecular weight excluding hydrogens is 652 g/mol. The number of carboxylic acid groups (broad SMARTS) is 1. The van der Waals surface area contributed by atoms with E-state index in [9.17, 15) is 39.0 Å². The van der Waals surface area contributed by atoms with Crippen molar-refractivity contribution in [2.24, 2.45) is 35.5 Å². The van der Waals surface area contributed by atoms with Gasteiger partial charge < -0.3 is 31.1 Å². The van der Waals surface area contributed by atoms with Crippen molar-refractivity contribution in [3.63, 3.8) is 0 Å². The van der Waals surface area contributed by atoms with Gasteiger partial charge in [-0.1, -0.05) is 77.8 Å². The van der Waals surface area contributed by atoms with Crippen molar-refractivity contribution < 1.29 is 39.0 Å². The number of nitrogens with zero attached hydrogens (tertiary/aromatic N) is 1. The van der Waals surface area contributed by atoms with Gasteiger partial charge in [0.25, 0.3) is 0 Å². The van der Waals surface area contributed by atoms with Gasteiger partial charge in [-0.2, -0.15) is 0 Å². The number of hydrogen-bond donors (Lipinski definition) is 5. The monoisotopic (exact) mass is 708 g/mol. The van der Waals surface area contributed by atoms with Gasteiger partial charge in [-0.25, -0.2) is 0 Å². The lowest BCUT2D eigenvalue weighted by molar-refractivity contribution is -0.144. The molecule has 11 atom stereocenters. The number of aliphatic carboxylic acids is 1. The average Bonchev–Trinajstić information content (AvgIpc) is 3.96. The van der Waals surface area contributed by atoms with E-state index in [1.807, 2.05) is 51.1 Å². The summed E-state index contributed by atoms with van der Waals surface area (Å²) in [6, 6.07) is 5.89. The number of fused-ring (bicyclic) bond motifs is 1. The number of carboxylic acids is 1. The molecule has 0 aromatic heterocycles. The summed E-state index contributed by atoms with van der Waals surface area (Å²) < 4.78 is 0. The quantitative estimate of drug-likeness (QED) is 0.105. The van der Waals surface area contributed by atoms with Crippen LogP contribution < -0.4 is 16.0 Å². The molecule has 1 saturated carbocycles. The summed E-state index contributed by atoms with van der Waals surface area (Å²) in [7, 11) is 0. The van der Waals surface area contributed by atoms with Crippen molar-refractivity contribution in [3.05, 3.63) is 35.9 Å². The third-order valence-electron chi connectivity index (χ3n) is 11.6. The van der Waals surface area contributed by atoms with Crippen LogP contribution in [0.25, 0.3) is 0 Å². The number of aliphatic hydroxyl groups is 1. The second-order valence-corrected chi connectivity index (χ2v) is 16.0. The van der Waals surface area contributed by atoms with Gasteiger partial charge in [0.15, 0.2) is 5.78 Å². The maximum Gasteiger partial charge on any atom is 0.306 e. The molecule has 3 aliphatic heterocycles. The number of hydrogen-bond acceptors (Lipinski definition) is 9. The number of rotatable bonds is 19. The average molecular weight is 709 g/mol. The SMILES string of the molecule is CCCC(CC1NC1C(=O)[C@H]1[C@H]2CCC[C@H]2CN1C(=O)C(NC(=O)[C@@H](O)C(C)C)C(C)C)C(=O)C(=O)C1NC1CC(Cc1ccccc1)C(=O)O. The Balaban J connectivity index is 1.20. The van der Waals surface area contributed by atoms with Gasteiger partial charge in [0.1, 0.15) is 12.1 Å². The summed E-state index contributed by atoms with van der Waals surface area (Å²) in [6.07, 6.45) is 3.57. The van der Waals surface area contributed by atoms with Crippen LogP contribution in [0.2, 0.25) is 0 Å². The number of likely N-dealkylation sites (tertiary alicyclic amines) is 1. The molecule has 4 fully saturated rings. The number of amides is 2. The lowest BCUT2D eigenvalue weighted by Gasteiger charge is -2.32. The zero-order chi connectivity index (χ0) is 37.1. The standard InChI is InChI=1S/C39H56N4O8/c1-6-11-23(34(45)36(47)31-28(41-31)18-25(39(50)51)16-22-12-8-7-9-13-22)17-27-30(40-27)35(46)32-26-15-10-14-24(26)19-43(32)38(49)29(20(2)3)42-37(48)33(44)21(4)5/h7-9,12-13,20-21,23-33,40-41,44H,6,10-11,14-19H2,1-5H3,(H,42,48)(H,50,51)/t23?,24-,25?,26-,27?,28?,29?,30?,31?,32+,33-/m0/s1. The molecule has 2 amide bonds. The first kappa shape index (κ1) is 38.7. The highest BCUT2D eigenvalue weighted by Crippen LogP contribution is 2.44. The van der Waals surface area contributed by atoms with Crippen molar-refractivity contribution >= 4 is 35.1 Å². The van der Waals surface area contributed by atoms with Crippen molar-refractivity contribution in [1.82, 2.24) is 20.9 Å². The van der Waals surface area contributed by atoms with Gasteiger partial charge in [-0.05, 0) is 67.8 Å². The summed E-state index contributed by atoms with van der Waals surface area (Å²) in [5.74, 6) is -4.59. The van der Waals surface area contributed by atoms with E-state index >= 15 is 0 Å². The van der Waals surface area contributed by atoms with Crippen molar-refractivity contribution in [1.29, 1.82) is 0 Å². The molecule has 1 aromatic carbocycles. The predicted octanol–water partition coefficient (Wildman–Crippen LogP) is 2.30. The number of carbonyl (C=O) groups is 6. The molecule has 0 radical (unpaired) electrons. The van der Waals surface area contributed by atoms with Gasteiger partial charge in [0.2, 0.25) is 23.4 Å². The summed E-state index contributed by atoms with van der Waals surface area (Å²) in [6.45, 7) is 9.50. The molecule has 1 aromatic rings. The highest BCUT2D eigenvalue weighted by atomic mass is 16.4. The molecule has 1 aliphatic carbocycles. The van der Waals surface area contributed by atoms with Crippen LogP contribution in [0.15, 0.2) is 30.3 Å². The summed E-state index contributed by atoms with van der Waals surface area (Å²) >= 11 is 0. The zero-order valence-electron chi connectivity index (χ0n) is 30.5. The Hall–Kier alpha value is -3.48. The van der Waals surface area contributed by atoms with Gasteiger partial charge in [0, 0.05) is 24.5 Å². The van der Waals surface area contributed by atoms with E-state index in [1.165, 1.54) is 0 Å². The smallest absolute Gasteiger partial charge is 0.306 e. The van der Waals surface area contributed by atoms with E-state index in [0.717, 1.165) is 24.8 Å². The number of ketones is 3. The molecule has 12 heteroatoms. The van der Waals surface area contributed by atoms with Crippen LogP contribution >= 0.6 is 0 Å². The Kier molecular flexibility index (Phi) is 12.5. The number of nitrogens with one attached hydrogen (secondary N) is 3. The third kappa shape index (κ3) is 8.95. The largest absolute Gasteiger partial charge is 0.481 e. The van der Waals surface area contributed by atoms with E-state index in [2.05, 4.69) is 16.0 Å². The third-order valence-corrected chi connectivity index (χ3v) is 11.6. The molecule has 3 saturated heterocycles. The van der Waals surface area contributed by atoms with Crippen LogP contribution in [0.4, 0.5) is 0 Å². The van der Waals surface area contributed by atoms with Gasteiger partial charge >= 0.3 is 5.97 Å². The molecule has 7 unspecified atom stereocenters. The van der Waals surface area contributed by atoms with Crippen LogP contribution in [-0.4, -0.2) is 99.1 Å². The molecule has 4 aliphatic rings. The number of benzene rings is 1. The first-order valence-electron chi connectivity index (χ1n) is 18.9. The highest BCUT2D eigenvalue weighted by Gasteiger charge is 2.56. The topological polar surface area (TPSA) is 202 Å². The zero-order valence-corrected chi connectivity index (χ0v) is 30.5. The molecule has 0 bridgehead atoms. The second-order valence-electron chi connectivity index (χ2n) is 16.0. The number of aliphatic hydroxyl groups excluding tert-OH is 1. The Labute approximate surface area is 300 Å². The van der Waals surface area contributed by atoms with Gasteiger partial charge in [-0.3, -0.25) is 28.8 Å². The van der Waals surface area contributed by atoms with Crippen LogP contribution in [0.1, 0.15) is 85.1 Å². The number of Topliss-reactive ketones (excluding diaryl/α,β-unsaturated/α-hetero) is 3. The first-order chi connectivity index (χ1) is 24.2. The van der Waals surface area contributed by atoms with Crippen molar-refractivity contribution in [3.8, 4) is 0 Å². The van der Waals surface area contributed by atoms with Crippen LogP contribution in [0.3, 0.4) is 0 Å². The Morgan fingerprint density at radius 3 is 2.18 bits per heavy atom. The highest BCUT2D eigenvalue weighted by molar-refractivity contribution is 6.40. The van der Waals surface area contributed by atoms with E-state index in [4.69, 9.17) is 0 Å². The Morgan fingerprint density at radius 2 is 1.55 bits per heavy atom. The second kappa shape index (κ2) is 16.5. The molecule has 5 rings (SSSR count). The summed E-state index contributed by atoms with van der Waals surface area (Å²) in [5, 5.41) is 29.2. The lowest BCUT2D eigenvalue weighted by Crippen LogP contribution is -2.57. The number of carbonyl (C=O) groups excluding carboxylic acids is 5. The fraction of sp³-hybridized carbons (Fsp3) is 0.692. The molecule has 51 heavy (non-hydrogen) atoms. The van der Waals surface area contributed by atoms with E-state index in [1.54, 1.807) is 18.7 Å². The maximum absolute atomic E-state index is 14.2. The van der Waals surface area contributed by atoms with Crippen molar-refractivity contribution in [2.75, 3.05) is 6.54 Å². The first-order valence-corrected chi connectivity index (χ1v) is 18.9. The van der Waals surface area contributed by atoms with Crippen LogP contribution in [-0.2, 0) is 35.2 Å². The van der Waals surface area contributed by atoms with E-state index in [0.29, 0.717) is 32.2 Å². The van der Waals surface area contributed by atoms with Gasteiger partial charge in [0.05, 0.1) is 24.0 Å². The summed E-state index contributed by atoms with van der Waals surface area (Å²) in [5.41, 5.74) is 0.898. The van der Waals surface area contributed by atoms with E-state index in [-0.39, 0.29) is 53.9 Å². The van der Waals surface area contributed by atoms with E-state index < -0.39 is 65.6 Å². The predicted molar refractivity (Wildman–Crippen MR) is 189 cm³/mol. The van der Waals surface area contributed by atoms with Gasteiger partial charge in [-0.15, -0.1) is 0 Å². The Morgan fingerprint density at radius 1 is 0.902 bits per heavy atom. The molecule has 12 nitrogen and oxygen atoms in total. The molecule has 280 valence electrons.